The van der Waals surface area contributed by atoms with Gasteiger partial charge in [-0.2, -0.15) is 0 Å². The molecule has 39 heavy (non-hydrogen) atoms. The van der Waals surface area contributed by atoms with Gasteiger partial charge in [0.05, 0.1) is 23.5 Å². The molecule has 0 aliphatic carbocycles. The predicted molar refractivity (Wildman–Crippen MR) is 143 cm³/mol. The van der Waals surface area contributed by atoms with E-state index < -0.39 is 16.0 Å². The number of carbonyl (C=O) groups is 2. The fraction of sp³-hybridized carbons (Fsp3) is 0.308. The number of rotatable bonds is 11. The van der Waals surface area contributed by atoms with Crippen molar-refractivity contribution in [3.05, 3.63) is 78.6 Å². The molecule has 1 saturated heterocycles. The second-order valence-corrected chi connectivity index (χ2v) is 10.4. The van der Waals surface area contributed by atoms with E-state index in [1.54, 1.807) is 66.9 Å². The van der Waals surface area contributed by atoms with Gasteiger partial charge < -0.3 is 25.1 Å². The first-order valence-electron chi connectivity index (χ1n) is 12.3. The molecule has 1 fully saturated rings. The maximum Gasteiger partial charge on any atom is 0.327 e. The van der Waals surface area contributed by atoms with Gasteiger partial charge in [0.2, 0.25) is 5.95 Å². The van der Waals surface area contributed by atoms with Gasteiger partial charge >= 0.3 is 5.97 Å². The van der Waals surface area contributed by atoms with Gasteiger partial charge in [-0.15, -0.1) is 0 Å². The first-order chi connectivity index (χ1) is 18.9. The lowest BCUT2D eigenvalue weighted by Gasteiger charge is -2.39. The average molecular weight is 555 g/mol. The molecule has 2 aromatic carbocycles. The van der Waals surface area contributed by atoms with Crippen LogP contribution >= 0.6 is 0 Å². The zero-order valence-corrected chi connectivity index (χ0v) is 22.1. The van der Waals surface area contributed by atoms with Gasteiger partial charge in [0.25, 0.3) is 15.9 Å². The number of benzene rings is 2. The van der Waals surface area contributed by atoms with Gasteiger partial charge in [0.1, 0.15) is 0 Å². The molecule has 12 nitrogen and oxygen atoms in total. The van der Waals surface area contributed by atoms with Crippen LogP contribution in [-0.2, 0) is 24.4 Å². The Bertz CT molecular complexity index is 1360. The Morgan fingerprint density at radius 2 is 1.82 bits per heavy atom. The van der Waals surface area contributed by atoms with E-state index in [0.29, 0.717) is 18.1 Å². The Kier molecular flexibility index (Phi) is 9.41. The summed E-state index contributed by atoms with van der Waals surface area (Å²) >= 11 is 0. The van der Waals surface area contributed by atoms with Crippen molar-refractivity contribution in [1.82, 2.24) is 20.2 Å². The Hall–Kier alpha value is -4.07. The molecule has 1 aromatic heterocycles. The lowest BCUT2D eigenvalue weighted by Crippen LogP contribution is -2.51. The number of piperidine rings is 1. The number of hydrogen-bond donors (Lipinski definition) is 3. The minimum absolute atomic E-state index is 0.0199. The molecule has 0 radical (unpaired) electrons. The molecule has 0 spiro atoms. The number of ether oxygens (including phenoxy) is 1. The highest BCUT2D eigenvalue weighted by molar-refractivity contribution is 7.89. The van der Waals surface area contributed by atoms with E-state index in [4.69, 9.17) is 4.74 Å². The van der Waals surface area contributed by atoms with Crippen molar-refractivity contribution in [3.8, 4) is 0 Å². The number of carbonyl (C=O) groups excluding carboxylic acids is 2. The molecule has 3 aromatic rings. The van der Waals surface area contributed by atoms with Crippen molar-refractivity contribution in [3.63, 3.8) is 0 Å². The first kappa shape index (κ1) is 28.0. The van der Waals surface area contributed by atoms with Crippen LogP contribution in [0.4, 0.5) is 11.6 Å². The van der Waals surface area contributed by atoms with Crippen LogP contribution in [0, 0.1) is 0 Å². The largest absolute Gasteiger partial charge is 0.379 e. The van der Waals surface area contributed by atoms with Crippen LogP contribution in [0.5, 0.6) is 0 Å². The lowest BCUT2D eigenvalue weighted by molar-refractivity contribution is -0.146. The molecule has 0 bridgehead atoms. The molecule has 0 unspecified atom stereocenters. The fourth-order valence-electron chi connectivity index (χ4n) is 4.15. The number of anilines is 2. The minimum atomic E-state index is -3.99. The van der Waals surface area contributed by atoms with Gasteiger partial charge in [0, 0.05) is 50.4 Å². The van der Waals surface area contributed by atoms with Crippen LogP contribution < -0.4 is 20.4 Å². The maximum absolute atomic E-state index is 12.7. The second-order valence-electron chi connectivity index (χ2n) is 8.76. The van der Waals surface area contributed by atoms with Crippen molar-refractivity contribution < 1.29 is 27.6 Å². The molecule has 13 heteroatoms. The third-order valence-electron chi connectivity index (χ3n) is 6.14. The van der Waals surface area contributed by atoms with Crippen molar-refractivity contribution in [2.45, 2.75) is 29.9 Å². The van der Waals surface area contributed by atoms with E-state index in [1.807, 2.05) is 6.07 Å². The van der Waals surface area contributed by atoms with Gasteiger partial charge in [0.15, 0.2) is 0 Å². The smallest absolute Gasteiger partial charge is 0.327 e. The Labute approximate surface area is 226 Å². The molecule has 1 aliphatic heterocycles. The highest BCUT2D eigenvalue weighted by atomic mass is 32.2. The standard InChI is InChI=1S/C26H30N6O6S/c1-37-23-12-16-32(18-22(23)30-26-28-13-6-14-29-26)20-8-5-7-19(17-20)25(34)27-15-11-24(33)38-31-39(35,36)21-9-3-2-4-10-21/h2-10,13-14,17,22-23,31H,11-12,15-16,18H2,1H3,(H,27,34)(H,28,29,30)/t22-,23-/m1/s1. The summed E-state index contributed by atoms with van der Waals surface area (Å²) in [4.78, 5) is 41.8. The summed E-state index contributed by atoms with van der Waals surface area (Å²) < 4.78 is 29.9. The zero-order valence-electron chi connectivity index (χ0n) is 21.3. The first-order valence-corrected chi connectivity index (χ1v) is 13.8. The molecule has 1 aliphatic rings. The summed E-state index contributed by atoms with van der Waals surface area (Å²) in [6, 6.07) is 16.4. The molecule has 206 valence electrons. The Morgan fingerprint density at radius 1 is 1.05 bits per heavy atom. The Balaban J connectivity index is 1.28. The normalized spacial score (nSPS) is 17.3. The quantitative estimate of drug-likeness (QED) is 0.299. The Morgan fingerprint density at radius 3 is 2.56 bits per heavy atom. The van der Waals surface area contributed by atoms with Crippen molar-refractivity contribution in [2.24, 2.45) is 0 Å². The molecule has 3 N–H and O–H groups in total. The SMILES string of the molecule is CO[C@@H]1CCN(c2cccc(C(=O)NCCC(=O)ONS(=O)(=O)c3ccccc3)c2)C[C@H]1Nc1ncccn1. The topological polar surface area (TPSA) is 152 Å². The molecule has 1 amide bonds. The number of hydrogen-bond acceptors (Lipinski definition) is 10. The molecule has 4 rings (SSSR count). The van der Waals surface area contributed by atoms with E-state index in [1.165, 1.54) is 12.1 Å². The third-order valence-corrected chi connectivity index (χ3v) is 7.33. The predicted octanol–water partition coefficient (Wildman–Crippen LogP) is 1.74. The second kappa shape index (κ2) is 13.1. The van der Waals surface area contributed by atoms with Gasteiger partial charge in [-0.1, -0.05) is 24.3 Å². The number of amides is 1. The fourth-order valence-corrected chi connectivity index (χ4v) is 4.96. The number of nitrogens with one attached hydrogen (secondary N) is 3. The van der Waals surface area contributed by atoms with Crippen LogP contribution in [0.25, 0.3) is 0 Å². The summed E-state index contributed by atoms with van der Waals surface area (Å²) in [5.41, 5.74) is 1.29. The zero-order chi connectivity index (χ0) is 27.7. The van der Waals surface area contributed by atoms with Gasteiger partial charge in [-0.05, 0) is 47.7 Å². The maximum atomic E-state index is 12.7. The average Bonchev–Trinajstić information content (AvgIpc) is 2.97. The van der Waals surface area contributed by atoms with Crippen LogP contribution in [0.1, 0.15) is 23.2 Å². The molecular formula is C26H30N6O6S. The summed E-state index contributed by atoms with van der Waals surface area (Å²) in [6.45, 7) is 1.33. The van der Waals surface area contributed by atoms with Crippen LogP contribution in [0.15, 0.2) is 78.0 Å². The van der Waals surface area contributed by atoms with Gasteiger partial charge in [-0.3, -0.25) is 9.59 Å². The van der Waals surface area contributed by atoms with Crippen LogP contribution in [0.2, 0.25) is 0 Å². The van der Waals surface area contributed by atoms with E-state index in [9.17, 15) is 18.0 Å². The van der Waals surface area contributed by atoms with Crippen LogP contribution in [-0.4, -0.2) is 69.2 Å². The number of sulfonamides is 1. The molecule has 2 heterocycles. The summed E-state index contributed by atoms with van der Waals surface area (Å²) in [6.07, 6.45) is 3.87. The molecule has 0 saturated carbocycles. The number of methoxy groups -OCH3 is 1. The van der Waals surface area contributed by atoms with Crippen LogP contribution in [0.3, 0.4) is 0 Å². The van der Waals surface area contributed by atoms with E-state index in [0.717, 1.165) is 18.7 Å². The van der Waals surface area contributed by atoms with E-state index >= 15 is 0 Å². The summed E-state index contributed by atoms with van der Waals surface area (Å²) in [5, 5.41) is 5.99. The summed E-state index contributed by atoms with van der Waals surface area (Å²) in [7, 11) is -2.31. The minimum Gasteiger partial charge on any atom is -0.379 e. The third kappa shape index (κ3) is 7.72. The van der Waals surface area contributed by atoms with Crippen molar-refractivity contribution >= 4 is 33.5 Å². The van der Waals surface area contributed by atoms with E-state index in [-0.39, 0.29) is 35.9 Å². The van der Waals surface area contributed by atoms with Crippen molar-refractivity contribution in [1.29, 1.82) is 0 Å². The summed E-state index contributed by atoms with van der Waals surface area (Å²) in [5.74, 6) is -0.676. The van der Waals surface area contributed by atoms with Gasteiger partial charge in [-0.25, -0.2) is 18.4 Å². The van der Waals surface area contributed by atoms with E-state index in [2.05, 4.69) is 30.3 Å². The molecule has 2 atom stereocenters. The van der Waals surface area contributed by atoms with Crippen molar-refractivity contribution in [2.75, 3.05) is 37.0 Å². The lowest BCUT2D eigenvalue weighted by atomic mass is 10.0. The molecular weight excluding hydrogens is 524 g/mol. The highest BCUT2D eigenvalue weighted by Crippen LogP contribution is 2.24. The monoisotopic (exact) mass is 554 g/mol. The number of nitrogens with zero attached hydrogens (tertiary/aromatic N) is 3. The highest BCUT2D eigenvalue weighted by Gasteiger charge is 2.30. The number of aromatic nitrogens is 2.